The van der Waals surface area contributed by atoms with Crippen LogP contribution < -0.4 is 0 Å². The van der Waals surface area contributed by atoms with Crippen LogP contribution in [0.5, 0.6) is 5.75 Å². The number of aryl methyl sites for hydroxylation is 3. The third-order valence-electron chi connectivity index (χ3n) is 6.64. The minimum Gasteiger partial charge on any atom is -0.507 e. The zero-order valence-corrected chi connectivity index (χ0v) is 23.5. The summed E-state index contributed by atoms with van der Waals surface area (Å²) >= 11 is 0. The lowest BCUT2D eigenvalue weighted by atomic mass is 9.97. The number of rotatable bonds is 11. The Hall–Kier alpha value is -3.50. The Morgan fingerprint density at radius 3 is 1.63 bits per heavy atom. The summed E-state index contributed by atoms with van der Waals surface area (Å²) in [5.74, 6) is -0.596. The molecule has 0 unspecified atom stereocenters. The Morgan fingerprint density at radius 1 is 0.684 bits per heavy atom. The number of para-hydroxylation sites is 1. The summed E-state index contributed by atoms with van der Waals surface area (Å²) in [6.45, 7) is 6.61. The largest absolute Gasteiger partial charge is 0.507 e. The Kier molecular flexibility index (Phi) is 9.30. The number of aromatic hydroxyl groups is 1. The molecule has 0 aromatic heterocycles. The molecule has 198 valence electrons. The molecular weight excluding hydrogens is 488 g/mol. The normalized spacial score (nSPS) is 11.8. The molecular formula is C34H38O3S. The molecule has 0 heterocycles. The summed E-state index contributed by atoms with van der Waals surface area (Å²) in [4.78, 5) is 17.0. The van der Waals surface area contributed by atoms with Gasteiger partial charge in [-0.3, -0.25) is 0 Å². The molecule has 0 spiro atoms. The fraction of sp³-hybridized carbons (Fsp3) is 0.265. The van der Waals surface area contributed by atoms with Crippen molar-refractivity contribution in [2.75, 3.05) is 0 Å². The highest BCUT2D eigenvalue weighted by Gasteiger charge is 2.39. The second-order valence-corrected chi connectivity index (χ2v) is 12.2. The van der Waals surface area contributed by atoms with Crippen molar-refractivity contribution in [2.45, 2.75) is 74.0 Å². The fourth-order valence-electron chi connectivity index (χ4n) is 5.08. The molecule has 0 aliphatic carbocycles. The Bertz CT molecular complexity index is 1280. The third kappa shape index (κ3) is 5.66. The highest BCUT2D eigenvalue weighted by atomic mass is 32.3. The van der Waals surface area contributed by atoms with E-state index in [4.69, 9.17) is 4.18 Å². The van der Waals surface area contributed by atoms with Crippen molar-refractivity contribution >= 4 is 16.3 Å². The average molecular weight is 527 g/mol. The minimum atomic E-state index is -2.49. The van der Waals surface area contributed by atoms with Gasteiger partial charge in [0.05, 0.1) is 0 Å². The predicted octanol–water partition coefficient (Wildman–Crippen LogP) is 9.30. The van der Waals surface area contributed by atoms with Gasteiger partial charge in [-0.05, 0) is 82.7 Å². The van der Waals surface area contributed by atoms with E-state index < -0.39 is 16.3 Å². The van der Waals surface area contributed by atoms with E-state index in [1.54, 1.807) is 18.2 Å². The molecule has 0 aliphatic heterocycles. The molecule has 0 radical (unpaired) electrons. The van der Waals surface area contributed by atoms with Crippen LogP contribution >= 0.6 is 10.3 Å². The molecule has 4 aromatic carbocycles. The maximum atomic E-state index is 13.9. The van der Waals surface area contributed by atoms with Gasteiger partial charge in [-0.2, -0.15) is 0 Å². The standard InChI is InChI=1S/C34H38O3S/c1-4-15-26-24-27(16-5-2)33(28(25-26)17-6-3)38(29-18-9-7-10-19-29,30-20-11-8-12-21-30)37-34(36)31-22-13-14-23-32(31)35/h7-14,18-25,35H,4-6,15-17H2,1-3H3. The summed E-state index contributed by atoms with van der Waals surface area (Å²) in [5.41, 5.74) is 4.00. The minimum absolute atomic E-state index is 0.0761. The molecule has 0 saturated heterocycles. The average Bonchev–Trinajstić information content (AvgIpc) is 2.94. The van der Waals surface area contributed by atoms with Crippen molar-refractivity contribution in [3.8, 4) is 5.75 Å². The summed E-state index contributed by atoms with van der Waals surface area (Å²) in [7, 11) is -2.49. The number of benzene rings is 4. The summed E-state index contributed by atoms with van der Waals surface area (Å²) in [5, 5.41) is 10.6. The van der Waals surface area contributed by atoms with Crippen LogP contribution in [0.1, 0.15) is 67.1 Å². The molecule has 0 amide bonds. The highest BCUT2D eigenvalue weighted by molar-refractivity contribution is 8.30. The lowest BCUT2D eigenvalue weighted by Gasteiger charge is -2.42. The van der Waals surface area contributed by atoms with Gasteiger partial charge in [-0.1, -0.05) is 101 Å². The number of phenolic OH excluding ortho intramolecular Hbond substituents is 1. The number of hydrogen-bond acceptors (Lipinski definition) is 3. The van der Waals surface area contributed by atoms with Gasteiger partial charge in [0.1, 0.15) is 11.3 Å². The van der Waals surface area contributed by atoms with Crippen LogP contribution in [0.3, 0.4) is 0 Å². The molecule has 38 heavy (non-hydrogen) atoms. The van der Waals surface area contributed by atoms with Gasteiger partial charge in [0, 0.05) is 14.7 Å². The maximum absolute atomic E-state index is 13.9. The Morgan fingerprint density at radius 2 is 1.16 bits per heavy atom. The van der Waals surface area contributed by atoms with Crippen molar-refractivity contribution in [1.29, 1.82) is 0 Å². The van der Waals surface area contributed by atoms with Crippen LogP contribution in [0.15, 0.2) is 112 Å². The van der Waals surface area contributed by atoms with Gasteiger partial charge < -0.3 is 9.29 Å². The zero-order chi connectivity index (χ0) is 27.0. The van der Waals surface area contributed by atoms with Crippen LogP contribution in [0.2, 0.25) is 0 Å². The van der Waals surface area contributed by atoms with E-state index in [9.17, 15) is 9.90 Å². The number of carbonyl (C=O) groups is 1. The van der Waals surface area contributed by atoms with Crippen LogP contribution in [-0.4, -0.2) is 11.1 Å². The van der Waals surface area contributed by atoms with Crippen LogP contribution in [0, 0.1) is 0 Å². The molecule has 1 N–H and O–H groups in total. The summed E-state index contributed by atoms with van der Waals surface area (Å²) in [6.07, 6.45) is 5.86. The molecule has 4 aromatic rings. The molecule has 0 fully saturated rings. The second-order valence-electron chi connectivity index (χ2n) is 9.56. The smallest absolute Gasteiger partial charge is 0.353 e. The number of carbonyl (C=O) groups excluding carboxylic acids is 1. The first kappa shape index (κ1) is 27.5. The molecule has 4 heteroatoms. The third-order valence-corrected chi connectivity index (χ3v) is 10.0. The van der Waals surface area contributed by atoms with E-state index in [-0.39, 0.29) is 11.3 Å². The molecule has 0 bridgehead atoms. The fourth-order valence-corrected chi connectivity index (χ4v) is 8.55. The first-order valence-electron chi connectivity index (χ1n) is 13.6. The van der Waals surface area contributed by atoms with Crippen LogP contribution in [-0.2, 0) is 23.4 Å². The summed E-state index contributed by atoms with van der Waals surface area (Å²) < 4.78 is 6.82. The van der Waals surface area contributed by atoms with Gasteiger partial charge >= 0.3 is 5.97 Å². The molecule has 0 atom stereocenters. The van der Waals surface area contributed by atoms with E-state index in [1.165, 1.54) is 22.8 Å². The van der Waals surface area contributed by atoms with Gasteiger partial charge in [-0.15, -0.1) is 0 Å². The van der Waals surface area contributed by atoms with Crippen molar-refractivity contribution < 1.29 is 14.1 Å². The maximum Gasteiger partial charge on any atom is 0.353 e. The van der Waals surface area contributed by atoms with E-state index in [0.29, 0.717) is 0 Å². The number of phenols is 1. The summed E-state index contributed by atoms with van der Waals surface area (Å²) in [6, 6.07) is 31.6. The second kappa shape index (κ2) is 12.8. The Labute approximate surface area is 229 Å². The lowest BCUT2D eigenvalue weighted by Crippen LogP contribution is -2.17. The van der Waals surface area contributed by atoms with Crippen molar-refractivity contribution in [3.63, 3.8) is 0 Å². The lowest BCUT2D eigenvalue weighted by molar-refractivity contribution is 0.0754. The van der Waals surface area contributed by atoms with E-state index in [0.717, 1.165) is 53.2 Å². The van der Waals surface area contributed by atoms with E-state index in [1.807, 2.05) is 36.4 Å². The molecule has 3 nitrogen and oxygen atoms in total. The van der Waals surface area contributed by atoms with Crippen LogP contribution in [0.4, 0.5) is 0 Å². The van der Waals surface area contributed by atoms with Gasteiger partial charge in [0.2, 0.25) is 0 Å². The van der Waals surface area contributed by atoms with Crippen molar-refractivity contribution in [2.24, 2.45) is 0 Å². The molecule has 0 saturated carbocycles. The zero-order valence-electron chi connectivity index (χ0n) is 22.7. The van der Waals surface area contributed by atoms with Gasteiger partial charge in [0.25, 0.3) is 0 Å². The molecule has 0 aliphatic rings. The van der Waals surface area contributed by atoms with Crippen LogP contribution in [0.25, 0.3) is 0 Å². The quantitative estimate of drug-likeness (QED) is 0.212. The highest BCUT2D eigenvalue weighted by Crippen LogP contribution is 2.71. The SMILES string of the molecule is CCCc1cc(CCC)c(S(OC(=O)c2ccccc2O)(c2ccccc2)c2ccccc2)c(CCC)c1. The first-order valence-corrected chi connectivity index (χ1v) is 15.2. The van der Waals surface area contributed by atoms with Gasteiger partial charge in [0.15, 0.2) is 0 Å². The van der Waals surface area contributed by atoms with Crippen molar-refractivity contribution in [3.05, 3.63) is 119 Å². The molecule has 4 rings (SSSR count). The van der Waals surface area contributed by atoms with E-state index in [2.05, 4.69) is 57.2 Å². The van der Waals surface area contributed by atoms with E-state index >= 15 is 0 Å². The van der Waals surface area contributed by atoms with Crippen molar-refractivity contribution in [1.82, 2.24) is 0 Å². The van der Waals surface area contributed by atoms with Gasteiger partial charge in [-0.25, -0.2) is 4.79 Å². The first-order chi connectivity index (χ1) is 18.5. The Balaban J connectivity index is 2.11. The predicted molar refractivity (Wildman–Crippen MR) is 157 cm³/mol. The monoisotopic (exact) mass is 526 g/mol. The number of hydrogen-bond donors (Lipinski definition) is 1. The topological polar surface area (TPSA) is 46.5 Å².